The van der Waals surface area contributed by atoms with Gasteiger partial charge in [0.2, 0.25) is 0 Å². The van der Waals surface area contributed by atoms with E-state index in [-0.39, 0.29) is 18.8 Å². The average Bonchev–Trinajstić information content (AvgIpc) is 2.74. The van der Waals surface area contributed by atoms with Gasteiger partial charge in [0.15, 0.2) is 0 Å². The number of fused-ring (bicyclic) bond motifs is 3. The van der Waals surface area contributed by atoms with Crippen molar-refractivity contribution in [2.45, 2.75) is 37.7 Å². The Hall–Kier alpha value is -1.85. The zero-order valence-corrected chi connectivity index (χ0v) is 11.0. The number of rotatable bonds is 2. The van der Waals surface area contributed by atoms with Crippen molar-refractivity contribution >= 4 is 6.09 Å². The molecule has 2 aliphatic heterocycles. The minimum atomic E-state index is -0.512. The molecule has 0 unspecified atom stereocenters. The second-order valence-electron chi connectivity index (χ2n) is 5.09. The van der Waals surface area contributed by atoms with Crippen molar-refractivity contribution in [3.63, 3.8) is 0 Å². The molecule has 4 rings (SSSR count). The van der Waals surface area contributed by atoms with Crippen LogP contribution in [0.4, 0.5) is 4.79 Å². The third-order valence-electron chi connectivity index (χ3n) is 3.50. The first-order valence-corrected chi connectivity index (χ1v) is 6.75. The van der Waals surface area contributed by atoms with Gasteiger partial charge >= 0.3 is 6.09 Å². The Kier molecular flexibility index (Phi) is 3.71. The molecule has 0 spiro atoms. The highest BCUT2D eigenvalue weighted by molar-refractivity contribution is 5.67. The number of hydrogen-bond donors (Lipinski definition) is 1. The third-order valence-corrected chi connectivity index (χ3v) is 3.50. The Labute approximate surface area is 117 Å². The average molecular weight is 275 g/mol. The quantitative estimate of drug-likeness (QED) is 0.839. The number of amides is 1. The summed E-state index contributed by atoms with van der Waals surface area (Å²) < 4.78 is 5.26. The van der Waals surface area contributed by atoms with Crippen molar-refractivity contribution in [2.75, 3.05) is 0 Å². The summed E-state index contributed by atoms with van der Waals surface area (Å²) in [5.41, 5.74) is 0.927. The van der Waals surface area contributed by atoms with E-state index in [4.69, 9.17) is 9.57 Å². The molecule has 1 aromatic rings. The fourth-order valence-electron chi connectivity index (χ4n) is 2.49. The lowest BCUT2D eigenvalue weighted by molar-refractivity contribution is -0.176. The number of carbonyl (C=O) groups excluding carboxylic acids is 1. The van der Waals surface area contributed by atoms with E-state index in [2.05, 4.69) is 0 Å². The number of ether oxygens (including phenoxy) is 1. The van der Waals surface area contributed by atoms with Gasteiger partial charge in [0.25, 0.3) is 0 Å². The van der Waals surface area contributed by atoms with Crippen LogP contribution >= 0.6 is 0 Å². The van der Waals surface area contributed by atoms with Crippen LogP contribution in [0.2, 0.25) is 0 Å². The van der Waals surface area contributed by atoms with Crippen molar-refractivity contribution in [3.8, 4) is 0 Å². The van der Waals surface area contributed by atoms with Crippen molar-refractivity contribution in [1.29, 1.82) is 0 Å². The molecular formula is C15H17NO4. The molecule has 0 saturated carbocycles. The normalized spacial score (nSPS) is 28.2. The second kappa shape index (κ2) is 5.64. The Bertz CT molecular complexity index is 502. The predicted molar refractivity (Wildman–Crippen MR) is 71.5 cm³/mol. The highest BCUT2D eigenvalue weighted by Crippen LogP contribution is 2.27. The summed E-state index contributed by atoms with van der Waals surface area (Å²) in [6.07, 6.45) is 3.56. The van der Waals surface area contributed by atoms with Gasteiger partial charge in [-0.3, -0.25) is 4.84 Å². The number of aliphatic hydroxyl groups is 1. The molecule has 1 aliphatic carbocycles. The zero-order chi connectivity index (χ0) is 13.9. The highest BCUT2D eigenvalue weighted by Gasteiger charge is 2.36. The summed E-state index contributed by atoms with van der Waals surface area (Å²) >= 11 is 0. The van der Waals surface area contributed by atoms with Crippen LogP contribution in [0.3, 0.4) is 0 Å². The molecule has 0 aromatic heterocycles. The van der Waals surface area contributed by atoms with E-state index in [9.17, 15) is 9.90 Å². The van der Waals surface area contributed by atoms with E-state index in [0.29, 0.717) is 12.8 Å². The van der Waals surface area contributed by atoms with Crippen LogP contribution in [0, 0.1) is 0 Å². The van der Waals surface area contributed by atoms with Crippen molar-refractivity contribution < 1.29 is 19.5 Å². The third kappa shape index (κ3) is 2.84. The zero-order valence-electron chi connectivity index (χ0n) is 11.0. The Morgan fingerprint density at radius 2 is 2.10 bits per heavy atom. The minimum Gasteiger partial charge on any atom is -0.443 e. The number of benzene rings is 1. The molecule has 106 valence electrons. The van der Waals surface area contributed by atoms with Gasteiger partial charge in [-0.2, -0.15) is 5.06 Å². The van der Waals surface area contributed by atoms with Gasteiger partial charge in [-0.05, 0) is 5.56 Å². The molecule has 2 heterocycles. The Morgan fingerprint density at radius 1 is 1.30 bits per heavy atom. The van der Waals surface area contributed by atoms with Crippen molar-refractivity contribution in [2.24, 2.45) is 0 Å². The van der Waals surface area contributed by atoms with Gasteiger partial charge in [0.05, 0.1) is 12.1 Å². The summed E-state index contributed by atoms with van der Waals surface area (Å²) in [4.78, 5) is 17.6. The lowest BCUT2D eigenvalue weighted by Crippen LogP contribution is -2.42. The molecule has 1 fully saturated rings. The first-order valence-electron chi connectivity index (χ1n) is 6.75. The largest absolute Gasteiger partial charge is 0.443 e. The number of carbonyl (C=O) groups is 1. The van der Waals surface area contributed by atoms with Gasteiger partial charge in [-0.25, -0.2) is 4.79 Å². The topological polar surface area (TPSA) is 59.0 Å². The molecule has 5 nitrogen and oxygen atoms in total. The monoisotopic (exact) mass is 275 g/mol. The van der Waals surface area contributed by atoms with Crippen LogP contribution in [0.25, 0.3) is 0 Å². The van der Waals surface area contributed by atoms with Gasteiger partial charge in [-0.1, -0.05) is 42.5 Å². The molecule has 5 heteroatoms. The molecule has 1 saturated heterocycles. The van der Waals surface area contributed by atoms with E-state index in [0.717, 1.165) is 5.56 Å². The van der Waals surface area contributed by atoms with Crippen molar-refractivity contribution in [3.05, 3.63) is 48.0 Å². The summed E-state index contributed by atoms with van der Waals surface area (Å²) in [6, 6.07) is 9.24. The fourth-order valence-corrected chi connectivity index (χ4v) is 2.49. The molecule has 20 heavy (non-hydrogen) atoms. The van der Waals surface area contributed by atoms with Gasteiger partial charge in [-0.15, -0.1) is 0 Å². The lowest BCUT2D eigenvalue weighted by atomic mass is 10.1. The van der Waals surface area contributed by atoms with Gasteiger partial charge in [0.1, 0.15) is 12.7 Å². The molecule has 1 N–H and O–H groups in total. The predicted octanol–water partition coefficient (Wildman–Crippen LogP) is 2.02. The Morgan fingerprint density at radius 3 is 2.90 bits per heavy atom. The number of aliphatic hydroxyl groups excluding tert-OH is 1. The highest BCUT2D eigenvalue weighted by atomic mass is 16.7. The summed E-state index contributed by atoms with van der Waals surface area (Å²) in [7, 11) is 0. The molecule has 3 aliphatic rings. The maximum Gasteiger partial charge on any atom is 0.434 e. The molecule has 3 atom stereocenters. The van der Waals surface area contributed by atoms with Crippen LogP contribution in [-0.2, 0) is 16.2 Å². The first kappa shape index (κ1) is 13.1. The van der Waals surface area contributed by atoms with E-state index in [1.54, 1.807) is 0 Å². The van der Waals surface area contributed by atoms with Crippen molar-refractivity contribution in [1.82, 2.24) is 5.06 Å². The molecule has 1 amide bonds. The Balaban J connectivity index is 1.62. The summed E-state index contributed by atoms with van der Waals surface area (Å²) in [6.45, 7) is 0.211. The fraction of sp³-hybridized carbons (Fsp3) is 0.400. The molecule has 1 aromatic carbocycles. The van der Waals surface area contributed by atoms with E-state index >= 15 is 0 Å². The number of nitrogens with zero attached hydrogens (tertiary/aromatic N) is 1. The first-order chi connectivity index (χ1) is 9.72. The second-order valence-corrected chi connectivity index (χ2v) is 5.09. The minimum absolute atomic E-state index is 0.211. The smallest absolute Gasteiger partial charge is 0.434 e. The molecule has 0 radical (unpaired) electrons. The van der Waals surface area contributed by atoms with Crippen LogP contribution in [0.1, 0.15) is 18.4 Å². The van der Waals surface area contributed by atoms with E-state index in [1.165, 1.54) is 5.06 Å². The maximum atomic E-state index is 12.1. The molecule has 2 bridgehead atoms. The standard InChI is InChI=1S/C15H17NO4/c17-13-8-12-6-7-14(9-13)20-16(12)15(18)19-10-11-4-2-1-3-5-11/h1-7,12-14,17H,8-10H2/t12-,13+,14+/m1/s1. The maximum absolute atomic E-state index is 12.1. The van der Waals surface area contributed by atoms with Crippen LogP contribution in [0.5, 0.6) is 0 Å². The van der Waals surface area contributed by atoms with E-state index < -0.39 is 12.2 Å². The van der Waals surface area contributed by atoms with E-state index in [1.807, 2.05) is 42.5 Å². The van der Waals surface area contributed by atoms with Crippen LogP contribution in [0.15, 0.2) is 42.5 Å². The molecular weight excluding hydrogens is 258 g/mol. The lowest BCUT2D eigenvalue weighted by Gasteiger charge is -2.30. The number of hydrogen-bond acceptors (Lipinski definition) is 4. The summed E-state index contributed by atoms with van der Waals surface area (Å²) in [5.74, 6) is 0. The number of hydroxylamine groups is 2. The van der Waals surface area contributed by atoms with Gasteiger partial charge < -0.3 is 9.84 Å². The summed E-state index contributed by atoms with van der Waals surface area (Å²) in [5, 5.41) is 11.0. The van der Waals surface area contributed by atoms with Gasteiger partial charge in [0, 0.05) is 12.8 Å². The van der Waals surface area contributed by atoms with Crippen LogP contribution < -0.4 is 0 Å². The SMILES string of the molecule is O=C(OCc1ccccc1)N1O[C@H]2C=C[C@@H]1C[C@H](O)C2. The van der Waals surface area contributed by atoms with Crippen LogP contribution in [-0.4, -0.2) is 34.5 Å².